The van der Waals surface area contributed by atoms with E-state index in [0.717, 1.165) is 19.3 Å². The minimum Gasteiger partial charge on any atom is -0.355 e. The van der Waals surface area contributed by atoms with Crippen molar-refractivity contribution in [3.63, 3.8) is 0 Å². The number of rotatable bonds is 8. The number of nitrogens with one attached hydrogen (secondary N) is 1. The summed E-state index contributed by atoms with van der Waals surface area (Å²) in [6, 6.07) is 0. The van der Waals surface area contributed by atoms with Crippen LogP contribution in [0.2, 0.25) is 0 Å². The van der Waals surface area contributed by atoms with Crippen LogP contribution in [0.1, 0.15) is 25.7 Å². The fourth-order valence-electron chi connectivity index (χ4n) is 1.07. The van der Waals surface area contributed by atoms with Crippen LogP contribution in [0.15, 0.2) is 0 Å². The summed E-state index contributed by atoms with van der Waals surface area (Å²) >= 11 is 2.00. The number of halogens is 1. The maximum Gasteiger partial charge on any atom is 0.325 e. The molecule has 0 aliphatic heterocycles. The average molecular weight is 349 g/mol. The molecule has 0 heterocycles. The molecule has 0 aliphatic carbocycles. The second-order valence-corrected chi connectivity index (χ2v) is 5.83. The van der Waals surface area contributed by atoms with Crippen molar-refractivity contribution >= 4 is 36.1 Å². The van der Waals surface area contributed by atoms with Gasteiger partial charge >= 0.3 is 7.60 Å². The highest BCUT2D eigenvalue weighted by Crippen LogP contribution is 2.35. The van der Waals surface area contributed by atoms with Crippen molar-refractivity contribution in [2.24, 2.45) is 0 Å². The van der Waals surface area contributed by atoms with Gasteiger partial charge < -0.3 is 15.1 Å². The van der Waals surface area contributed by atoms with Crippen molar-refractivity contribution in [3.8, 4) is 0 Å². The fraction of sp³-hybridized carbons (Fsp3) is 0.875. The summed E-state index contributed by atoms with van der Waals surface area (Å²) < 4.78 is 11.0. The minimum absolute atomic E-state index is 0.0332. The van der Waals surface area contributed by atoms with Gasteiger partial charge in [-0.2, -0.15) is 0 Å². The van der Waals surface area contributed by atoms with Gasteiger partial charge in [-0.25, -0.2) is 0 Å². The lowest BCUT2D eigenvalue weighted by Gasteiger charge is -2.04. The Morgan fingerprint density at radius 1 is 1.20 bits per heavy atom. The quantitative estimate of drug-likeness (QED) is 0.267. The first-order chi connectivity index (χ1) is 6.95. The first kappa shape index (κ1) is 15.3. The number of unbranched alkanes of at least 4 members (excludes halogenated alkanes) is 3. The van der Waals surface area contributed by atoms with E-state index in [0.29, 0.717) is 17.4 Å². The molecule has 7 heteroatoms. The summed E-state index contributed by atoms with van der Waals surface area (Å²) in [7, 11) is -3.81. The minimum atomic E-state index is -3.81. The van der Waals surface area contributed by atoms with Gasteiger partial charge in [0.15, 0.2) is 0 Å². The normalized spacial score (nSPS) is 11.4. The summed E-state index contributed by atoms with van der Waals surface area (Å²) in [5.74, 6) is 0.0332. The Morgan fingerprint density at radius 2 is 1.80 bits per heavy atom. The summed E-state index contributed by atoms with van der Waals surface area (Å²) in [4.78, 5) is 28.0. The van der Waals surface area contributed by atoms with Gasteiger partial charge in [0.1, 0.15) is 0 Å². The van der Waals surface area contributed by atoms with E-state index >= 15 is 0 Å². The van der Waals surface area contributed by atoms with E-state index in [-0.39, 0.29) is 12.1 Å². The molecule has 0 aliphatic rings. The highest BCUT2D eigenvalue weighted by atomic mass is 127. The number of amides is 1. The van der Waals surface area contributed by atoms with Crippen LogP contribution in [-0.2, 0) is 9.36 Å². The molecule has 1 amide bonds. The standard InChI is InChI=1S/C8H17INO4P/c9-7-8(11)10-5-3-1-2-4-6-15(12,13)14/h1-7H2,(H,10,11)(H2,12,13,14). The lowest BCUT2D eigenvalue weighted by atomic mass is 10.2. The van der Waals surface area contributed by atoms with Gasteiger partial charge in [-0.3, -0.25) is 9.36 Å². The van der Waals surface area contributed by atoms with Gasteiger partial charge in [0, 0.05) is 12.7 Å². The van der Waals surface area contributed by atoms with E-state index in [4.69, 9.17) is 9.79 Å². The van der Waals surface area contributed by atoms with Crippen molar-refractivity contribution in [2.75, 3.05) is 17.1 Å². The van der Waals surface area contributed by atoms with Gasteiger partial charge in [-0.15, -0.1) is 0 Å². The molecule has 0 aromatic heterocycles. The number of carbonyl (C=O) groups is 1. The van der Waals surface area contributed by atoms with Gasteiger partial charge in [0.05, 0.1) is 4.43 Å². The van der Waals surface area contributed by atoms with E-state index in [1.165, 1.54) is 0 Å². The molecule has 0 saturated carbocycles. The van der Waals surface area contributed by atoms with Crippen LogP contribution >= 0.6 is 30.2 Å². The van der Waals surface area contributed by atoms with E-state index in [9.17, 15) is 9.36 Å². The highest BCUT2D eigenvalue weighted by molar-refractivity contribution is 14.1. The fourth-order valence-corrected chi connectivity index (χ4v) is 1.98. The van der Waals surface area contributed by atoms with Crippen molar-refractivity contribution in [2.45, 2.75) is 25.7 Å². The van der Waals surface area contributed by atoms with E-state index in [1.807, 2.05) is 22.6 Å². The molecule has 0 radical (unpaired) electrons. The zero-order valence-electron chi connectivity index (χ0n) is 8.49. The smallest absolute Gasteiger partial charge is 0.325 e. The highest BCUT2D eigenvalue weighted by Gasteiger charge is 2.10. The Hall–Kier alpha value is 0.350. The Bertz CT molecular complexity index is 231. The molecule has 0 spiro atoms. The van der Waals surface area contributed by atoms with Crippen LogP contribution in [0, 0.1) is 0 Å². The van der Waals surface area contributed by atoms with Crippen LogP contribution in [0.5, 0.6) is 0 Å². The first-order valence-corrected chi connectivity index (χ1v) is 8.15. The monoisotopic (exact) mass is 349 g/mol. The Morgan fingerprint density at radius 3 is 2.33 bits per heavy atom. The molecule has 0 bridgehead atoms. The van der Waals surface area contributed by atoms with E-state index in [2.05, 4.69) is 5.32 Å². The predicted octanol–water partition coefficient (Wildman–Crippen LogP) is 1.28. The summed E-state index contributed by atoms with van der Waals surface area (Å²) in [5, 5.41) is 2.74. The third-order valence-corrected chi connectivity index (χ3v) is 3.41. The second-order valence-electron chi connectivity index (χ2n) is 3.29. The number of hydrogen-bond donors (Lipinski definition) is 3. The average Bonchev–Trinajstić information content (AvgIpc) is 2.14. The molecule has 3 N–H and O–H groups in total. The molecule has 15 heavy (non-hydrogen) atoms. The third kappa shape index (κ3) is 12.3. The van der Waals surface area contributed by atoms with Crippen LogP contribution in [-0.4, -0.2) is 32.8 Å². The SMILES string of the molecule is O=C(CI)NCCCCCCP(=O)(O)O. The summed E-state index contributed by atoms with van der Waals surface area (Å²) in [5.41, 5.74) is 0. The van der Waals surface area contributed by atoms with E-state index in [1.54, 1.807) is 0 Å². The van der Waals surface area contributed by atoms with Crippen LogP contribution in [0.3, 0.4) is 0 Å². The number of carbonyl (C=O) groups excluding carboxylic acids is 1. The molecule has 0 unspecified atom stereocenters. The molecule has 0 saturated heterocycles. The van der Waals surface area contributed by atoms with Crippen molar-refractivity contribution < 1.29 is 19.1 Å². The van der Waals surface area contributed by atoms with Gasteiger partial charge in [-0.05, 0) is 12.8 Å². The van der Waals surface area contributed by atoms with Gasteiger partial charge in [0.2, 0.25) is 5.91 Å². The molecular formula is C8H17INO4P. The second kappa shape index (κ2) is 8.50. The third-order valence-electron chi connectivity index (χ3n) is 1.82. The van der Waals surface area contributed by atoms with Crippen LogP contribution in [0.25, 0.3) is 0 Å². The molecule has 5 nitrogen and oxygen atoms in total. The van der Waals surface area contributed by atoms with Crippen LogP contribution in [0.4, 0.5) is 0 Å². The first-order valence-electron chi connectivity index (χ1n) is 4.83. The Labute approximate surface area is 103 Å². The van der Waals surface area contributed by atoms with Crippen molar-refractivity contribution in [1.82, 2.24) is 5.32 Å². The Kier molecular flexibility index (Phi) is 8.69. The van der Waals surface area contributed by atoms with Crippen molar-refractivity contribution in [1.29, 1.82) is 0 Å². The van der Waals surface area contributed by atoms with Crippen molar-refractivity contribution in [3.05, 3.63) is 0 Å². The molecule has 0 aromatic carbocycles. The van der Waals surface area contributed by atoms with E-state index < -0.39 is 7.60 Å². The zero-order valence-corrected chi connectivity index (χ0v) is 11.5. The van der Waals surface area contributed by atoms with Gasteiger partial charge in [-0.1, -0.05) is 35.4 Å². The maximum absolute atomic E-state index is 10.8. The molecule has 0 rings (SSSR count). The topological polar surface area (TPSA) is 86.6 Å². The lowest BCUT2D eigenvalue weighted by molar-refractivity contribution is -0.118. The summed E-state index contributed by atoms with van der Waals surface area (Å²) in [6.45, 7) is 0.651. The molecule has 90 valence electrons. The predicted molar refractivity (Wildman–Crippen MR) is 67.3 cm³/mol. The largest absolute Gasteiger partial charge is 0.355 e. The number of hydrogen-bond acceptors (Lipinski definition) is 2. The Balaban J connectivity index is 3.19. The molecule has 0 aromatic rings. The maximum atomic E-state index is 10.8. The summed E-state index contributed by atoms with van der Waals surface area (Å²) in [6.07, 6.45) is 3.06. The molecule has 0 fully saturated rings. The molecular weight excluding hydrogens is 332 g/mol. The lowest BCUT2D eigenvalue weighted by Crippen LogP contribution is -2.25. The number of alkyl halides is 1. The molecule has 0 atom stereocenters. The zero-order chi connectivity index (χ0) is 11.7. The van der Waals surface area contributed by atoms with Gasteiger partial charge in [0.25, 0.3) is 0 Å². The van der Waals surface area contributed by atoms with Crippen LogP contribution < -0.4 is 5.32 Å².